The number of rotatable bonds is 9. The van der Waals surface area contributed by atoms with E-state index in [9.17, 15) is 9.59 Å². The van der Waals surface area contributed by atoms with Gasteiger partial charge >= 0.3 is 0 Å². The number of H-pyrrole nitrogens is 1. The Morgan fingerprint density at radius 1 is 0.816 bits per heavy atom. The normalized spacial score (nSPS) is 10.7. The third-order valence-electron chi connectivity index (χ3n) is 5.53. The van der Waals surface area contributed by atoms with Gasteiger partial charge in [0.15, 0.2) is 11.3 Å². The van der Waals surface area contributed by atoms with Crippen molar-refractivity contribution in [1.29, 1.82) is 0 Å². The minimum atomic E-state index is -0.270. The second-order valence-corrected chi connectivity index (χ2v) is 8.16. The lowest BCUT2D eigenvalue weighted by molar-refractivity contribution is 0.116. The number of hydrogen-bond acceptors (Lipinski definition) is 9. The molecule has 0 radical (unpaired) electrons. The van der Waals surface area contributed by atoms with Gasteiger partial charge in [-0.2, -0.15) is 9.97 Å². The fourth-order valence-electron chi connectivity index (χ4n) is 3.61. The van der Waals surface area contributed by atoms with Gasteiger partial charge in [0, 0.05) is 25.3 Å². The van der Waals surface area contributed by atoms with Crippen LogP contribution in [0.15, 0.2) is 76.6 Å². The highest BCUT2D eigenvalue weighted by molar-refractivity contribution is 5.70. The van der Waals surface area contributed by atoms with Crippen molar-refractivity contribution in [2.75, 3.05) is 20.8 Å². The third kappa shape index (κ3) is 6.98. The molecular formula is C27H28N6O5. The summed E-state index contributed by atoms with van der Waals surface area (Å²) in [7, 11) is 3.07. The predicted octanol–water partition coefficient (Wildman–Crippen LogP) is 3.12. The molecule has 11 nitrogen and oxygen atoms in total. The van der Waals surface area contributed by atoms with Gasteiger partial charge in [0.1, 0.15) is 11.0 Å². The van der Waals surface area contributed by atoms with Gasteiger partial charge in [0.05, 0.1) is 33.2 Å². The molecule has 1 N–H and O–H groups in total. The number of methoxy groups -OCH3 is 2. The molecule has 0 amide bonds. The lowest BCUT2D eigenvalue weighted by Crippen LogP contribution is -2.21. The number of fused-ring (bicyclic) bond motifs is 2. The Hall–Kier alpha value is -4.64. The maximum atomic E-state index is 12.1. The molecule has 5 aromatic rings. The van der Waals surface area contributed by atoms with Crippen LogP contribution in [0.3, 0.4) is 0 Å². The molecule has 0 unspecified atom stereocenters. The highest BCUT2D eigenvalue weighted by Crippen LogP contribution is 2.13. The van der Waals surface area contributed by atoms with E-state index in [0.29, 0.717) is 53.8 Å². The van der Waals surface area contributed by atoms with Crippen LogP contribution in [0.5, 0.6) is 11.8 Å². The average molecular weight is 517 g/mol. The minimum absolute atomic E-state index is 0.154. The van der Waals surface area contributed by atoms with Crippen molar-refractivity contribution < 1.29 is 14.2 Å². The Labute approximate surface area is 218 Å². The van der Waals surface area contributed by atoms with E-state index in [1.807, 2.05) is 30.3 Å². The Kier molecular flexibility index (Phi) is 9.08. The number of aromatic amines is 1. The molecule has 5 rings (SSSR count). The number of ether oxygens (including phenoxy) is 3. The highest BCUT2D eigenvalue weighted by Gasteiger charge is 2.07. The van der Waals surface area contributed by atoms with Crippen molar-refractivity contribution in [3.05, 3.63) is 93.3 Å². The summed E-state index contributed by atoms with van der Waals surface area (Å²) in [6.45, 7) is 1.84. The van der Waals surface area contributed by atoms with Gasteiger partial charge in [0.25, 0.3) is 11.1 Å². The number of nitrogens with one attached hydrogen (secondary N) is 1. The maximum Gasteiger partial charge on any atom is 0.270 e. The van der Waals surface area contributed by atoms with Gasteiger partial charge in [-0.3, -0.25) is 14.2 Å². The first-order valence-corrected chi connectivity index (χ1v) is 12.0. The van der Waals surface area contributed by atoms with Crippen molar-refractivity contribution in [2.45, 2.75) is 26.0 Å². The van der Waals surface area contributed by atoms with Crippen molar-refractivity contribution in [1.82, 2.24) is 29.5 Å². The van der Waals surface area contributed by atoms with Crippen LogP contribution < -0.4 is 20.6 Å². The lowest BCUT2D eigenvalue weighted by atomic mass is 10.2. The summed E-state index contributed by atoms with van der Waals surface area (Å²) < 4.78 is 17.4. The number of aryl methyl sites for hydroxylation is 1. The lowest BCUT2D eigenvalue weighted by Gasteiger charge is -2.10. The molecule has 38 heavy (non-hydrogen) atoms. The number of unbranched alkanes of at least 4 members (excludes halogenated alkanes) is 1. The number of pyridine rings is 2. The van der Waals surface area contributed by atoms with Crippen molar-refractivity contribution in [3.8, 4) is 11.8 Å². The summed E-state index contributed by atoms with van der Waals surface area (Å²) in [6, 6.07) is 17.0. The van der Waals surface area contributed by atoms with Crippen LogP contribution in [0.4, 0.5) is 0 Å². The molecule has 0 spiro atoms. The van der Waals surface area contributed by atoms with E-state index in [0.717, 1.165) is 18.4 Å². The Balaban J connectivity index is 0.000000216. The topological polar surface area (TPSA) is 134 Å². The van der Waals surface area contributed by atoms with Crippen LogP contribution in [-0.4, -0.2) is 50.3 Å². The summed E-state index contributed by atoms with van der Waals surface area (Å²) in [5, 5.41) is 0. The van der Waals surface area contributed by atoms with Gasteiger partial charge in [-0.1, -0.05) is 30.3 Å². The molecule has 0 bridgehead atoms. The monoisotopic (exact) mass is 516 g/mol. The Morgan fingerprint density at radius 3 is 2.29 bits per heavy atom. The number of nitrogens with zero attached hydrogens (tertiary/aromatic N) is 5. The van der Waals surface area contributed by atoms with Gasteiger partial charge in [-0.05, 0) is 30.5 Å². The molecule has 0 aliphatic carbocycles. The van der Waals surface area contributed by atoms with Crippen LogP contribution in [-0.2, 0) is 17.9 Å². The fraction of sp³-hybridized carbons (Fsp3) is 0.259. The zero-order chi connectivity index (χ0) is 26.7. The van der Waals surface area contributed by atoms with Crippen LogP contribution in [0.2, 0.25) is 0 Å². The molecule has 0 fully saturated rings. The standard InChI is InChI=1S/C19H21N3O3.C8H7N3O2/c1-24-17-10-9-16-19(21-17)22(18(23)13-20-16)11-5-6-12-25-14-15-7-3-2-4-8-15;1-13-7-3-2-5-8(11-7)10-6(12)4-9-5/h2-4,7-10,13H,5-6,11-12,14H2,1H3;2-4H,1H3,(H,10,11,12). The van der Waals surface area contributed by atoms with Crippen LogP contribution in [0.25, 0.3) is 22.3 Å². The molecule has 0 aliphatic heterocycles. The number of aromatic nitrogens is 6. The first-order chi connectivity index (χ1) is 18.6. The van der Waals surface area contributed by atoms with Crippen LogP contribution in [0, 0.1) is 0 Å². The second kappa shape index (κ2) is 13.1. The summed E-state index contributed by atoms with van der Waals surface area (Å²) >= 11 is 0. The number of hydrogen-bond donors (Lipinski definition) is 1. The predicted molar refractivity (Wildman–Crippen MR) is 142 cm³/mol. The smallest absolute Gasteiger partial charge is 0.270 e. The van der Waals surface area contributed by atoms with E-state index in [1.165, 1.54) is 19.5 Å². The second-order valence-electron chi connectivity index (χ2n) is 8.16. The molecule has 4 heterocycles. The van der Waals surface area contributed by atoms with Gasteiger partial charge in [0.2, 0.25) is 11.8 Å². The van der Waals surface area contributed by atoms with Crippen molar-refractivity contribution in [3.63, 3.8) is 0 Å². The molecule has 0 saturated carbocycles. The van der Waals surface area contributed by atoms with Crippen molar-refractivity contribution >= 4 is 22.3 Å². The van der Waals surface area contributed by atoms with Crippen molar-refractivity contribution in [2.24, 2.45) is 0 Å². The molecular weight excluding hydrogens is 488 g/mol. The quantitative estimate of drug-likeness (QED) is 0.293. The zero-order valence-corrected chi connectivity index (χ0v) is 21.2. The van der Waals surface area contributed by atoms with Gasteiger partial charge in [-0.15, -0.1) is 0 Å². The highest BCUT2D eigenvalue weighted by atomic mass is 16.5. The average Bonchev–Trinajstić information content (AvgIpc) is 2.96. The first kappa shape index (κ1) is 26.4. The van der Waals surface area contributed by atoms with E-state index in [2.05, 4.69) is 24.9 Å². The molecule has 0 saturated heterocycles. The number of benzene rings is 1. The van der Waals surface area contributed by atoms with Crippen LogP contribution >= 0.6 is 0 Å². The summed E-state index contributed by atoms with van der Waals surface area (Å²) in [6.07, 6.45) is 4.25. The molecule has 4 aromatic heterocycles. The summed E-state index contributed by atoms with van der Waals surface area (Å²) in [5.41, 5.74) is 3.05. The molecule has 0 aliphatic rings. The minimum Gasteiger partial charge on any atom is -0.481 e. The summed E-state index contributed by atoms with van der Waals surface area (Å²) in [5.74, 6) is 0.927. The molecule has 0 atom stereocenters. The maximum absolute atomic E-state index is 12.1. The summed E-state index contributed by atoms with van der Waals surface area (Å²) in [4.78, 5) is 42.0. The van der Waals surface area contributed by atoms with E-state index in [-0.39, 0.29) is 11.1 Å². The molecule has 1 aromatic carbocycles. The Bertz CT molecular complexity index is 1600. The van der Waals surface area contributed by atoms with E-state index < -0.39 is 0 Å². The van der Waals surface area contributed by atoms with Gasteiger partial charge < -0.3 is 19.2 Å². The zero-order valence-electron chi connectivity index (χ0n) is 21.2. The SMILES string of the molecule is COc1ccc2ncc(=O)[nH]c2n1.COc1ccc2ncc(=O)n(CCCCOCc3ccccc3)c2n1. The van der Waals surface area contributed by atoms with Gasteiger partial charge in [-0.25, -0.2) is 9.97 Å². The van der Waals surface area contributed by atoms with Crippen LogP contribution in [0.1, 0.15) is 18.4 Å². The van der Waals surface area contributed by atoms with E-state index in [4.69, 9.17) is 14.2 Å². The fourth-order valence-corrected chi connectivity index (χ4v) is 3.61. The van der Waals surface area contributed by atoms with E-state index in [1.54, 1.807) is 35.9 Å². The molecule has 196 valence electrons. The first-order valence-electron chi connectivity index (χ1n) is 12.0. The van der Waals surface area contributed by atoms with E-state index >= 15 is 0 Å². The molecule has 11 heteroatoms. The largest absolute Gasteiger partial charge is 0.481 e. The Morgan fingerprint density at radius 2 is 1.53 bits per heavy atom. The third-order valence-corrected chi connectivity index (χ3v) is 5.53.